The molecule has 1 amide bonds. The topological polar surface area (TPSA) is 63.3 Å². The molecule has 4 rings (SSSR count). The van der Waals surface area contributed by atoms with Crippen LogP contribution in [0.1, 0.15) is 52.7 Å². The highest BCUT2D eigenvalue weighted by atomic mass is 16.3. The van der Waals surface area contributed by atoms with Gasteiger partial charge in [0.05, 0.1) is 35.4 Å². The van der Waals surface area contributed by atoms with Crippen molar-refractivity contribution in [1.82, 2.24) is 20.0 Å². The largest absolute Gasteiger partial charge is 0.468 e. The monoisotopic (exact) mass is 392 g/mol. The normalized spacial score (nSPS) is 15.9. The molecule has 3 heterocycles. The van der Waals surface area contributed by atoms with Crippen LogP contribution in [0.15, 0.2) is 53.3 Å². The van der Waals surface area contributed by atoms with E-state index < -0.39 is 0 Å². The Morgan fingerprint density at radius 2 is 1.93 bits per heavy atom. The van der Waals surface area contributed by atoms with Gasteiger partial charge in [-0.25, -0.2) is 4.68 Å². The van der Waals surface area contributed by atoms with Gasteiger partial charge in [-0.3, -0.25) is 9.69 Å². The van der Waals surface area contributed by atoms with Crippen molar-refractivity contribution in [2.75, 3.05) is 19.6 Å². The molecule has 6 nitrogen and oxygen atoms in total. The number of aromatic nitrogens is 2. The van der Waals surface area contributed by atoms with Crippen LogP contribution in [-0.2, 0) is 0 Å². The third kappa shape index (κ3) is 4.12. The number of furan rings is 1. The first-order valence-corrected chi connectivity index (χ1v) is 10.3. The predicted octanol–water partition coefficient (Wildman–Crippen LogP) is 4.04. The van der Waals surface area contributed by atoms with E-state index in [-0.39, 0.29) is 11.9 Å². The van der Waals surface area contributed by atoms with E-state index in [2.05, 4.69) is 15.3 Å². The SMILES string of the molecule is Cc1ccccc1-n1ncc(C(=O)NCC(c2ccco2)N2CCCCC2)c1C. The second-order valence-electron chi connectivity index (χ2n) is 7.68. The summed E-state index contributed by atoms with van der Waals surface area (Å²) in [5.74, 6) is 0.801. The van der Waals surface area contributed by atoms with Gasteiger partial charge in [-0.05, 0) is 63.5 Å². The number of nitrogens with zero attached hydrogens (tertiary/aromatic N) is 3. The van der Waals surface area contributed by atoms with Gasteiger partial charge in [0.25, 0.3) is 5.91 Å². The van der Waals surface area contributed by atoms with Gasteiger partial charge in [-0.15, -0.1) is 0 Å². The molecular weight excluding hydrogens is 364 g/mol. The summed E-state index contributed by atoms with van der Waals surface area (Å²) in [6.45, 7) is 6.56. The van der Waals surface area contributed by atoms with Crippen molar-refractivity contribution in [1.29, 1.82) is 0 Å². The van der Waals surface area contributed by atoms with Crippen LogP contribution in [0.5, 0.6) is 0 Å². The van der Waals surface area contributed by atoms with Gasteiger partial charge in [0.15, 0.2) is 0 Å². The fourth-order valence-corrected chi connectivity index (χ4v) is 4.08. The zero-order valence-electron chi connectivity index (χ0n) is 17.1. The molecule has 1 aliphatic heterocycles. The third-order valence-corrected chi connectivity index (χ3v) is 5.76. The lowest BCUT2D eigenvalue weighted by atomic mass is 10.1. The Morgan fingerprint density at radius 1 is 1.14 bits per heavy atom. The zero-order chi connectivity index (χ0) is 20.2. The lowest BCUT2D eigenvalue weighted by Crippen LogP contribution is -2.40. The van der Waals surface area contributed by atoms with Crippen molar-refractivity contribution in [2.45, 2.75) is 39.2 Å². The minimum absolute atomic E-state index is 0.0565. The van der Waals surface area contributed by atoms with Gasteiger partial charge >= 0.3 is 0 Å². The molecule has 3 aromatic rings. The molecule has 0 aliphatic carbocycles. The summed E-state index contributed by atoms with van der Waals surface area (Å²) in [5.41, 5.74) is 3.55. The Balaban J connectivity index is 1.49. The molecule has 1 atom stereocenters. The van der Waals surface area contributed by atoms with Gasteiger partial charge in [0.1, 0.15) is 5.76 Å². The van der Waals surface area contributed by atoms with Crippen LogP contribution in [0.4, 0.5) is 0 Å². The minimum atomic E-state index is -0.101. The van der Waals surface area contributed by atoms with Gasteiger partial charge in [0.2, 0.25) is 0 Å². The van der Waals surface area contributed by atoms with Gasteiger partial charge in [-0.2, -0.15) is 5.10 Å². The number of nitrogens with one attached hydrogen (secondary N) is 1. The lowest BCUT2D eigenvalue weighted by molar-refractivity contribution is 0.0913. The molecule has 1 aromatic carbocycles. The maximum absolute atomic E-state index is 12.9. The first kappa shape index (κ1) is 19.5. The molecule has 152 valence electrons. The molecule has 1 unspecified atom stereocenters. The van der Waals surface area contributed by atoms with Crippen LogP contribution in [0.2, 0.25) is 0 Å². The summed E-state index contributed by atoms with van der Waals surface area (Å²) < 4.78 is 7.51. The second-order valence-corrected chi connectivity index (χ2v) is 7.68. The minimum Gasteiger partial charge on any atom is -0.468 e. The smallest absolute Gasteiger partial charge is 0.254 e. The van der Waals surface area contributed by atoms with Crippen LogP contribution in [0, 0.1) is 13.8 Å². The van der Waals surface area contributed by atoms with Crippen molar-refractivity contribution >= 4 is 5.91 Å². The number of likely N-dealkylation sites (tertiary alicyclic amines) is 1. The van der Waals surface area contributed by atoms with Gasteiger partial charge in [-0.1, -0.05) is 24.6 Å². The Morgan fingerprint density at radius 3 is 2.66 bits per heavy atom. The molecule has 2 aromatic heterocycles. The van der Waals surface area contributed by atoms with Gasteiger partial charge < -0.3 is 9.73 Å². The highest BCUT2D eigenvalue weighted by Crippen LogP contribution is 2.25. The molecule has 0 saturated carbocycles. The second kappa shape index (κ2) is 8.66. The lowest BCUT2D eigenvalue weighted by Gasteiger charge is -2.33. The third-order valence-electron chi connectivity index (χ3n) is 5.76. The Kier molecular flexibility index (Phi) is 5.81. The Labute approximate surface area is 171 Å². The first-order valence-electron chi connectivity index (χ1n) is 10.3. The van der Waals surface area contributed by atoms with Gasteiger partial charge in [0, 0.05) is 6.54 Å². The summed E-state index contributed by atoms with van der Waals surface area (Å²) in [4.78, 5) is 15.3. The number of rotatable bonds is 6. The summed E-state index contributed by atoms with van der Waals surface area (Å²) >= 11 is 0. The zero-order valence-corrected chi connectivity index (χ0v) is 17.1. The quantitative estimate of drug-likeness (QED) is 0.688. The molecule has 0 spiro atoms. The van der Waals surface area contributed by atoms with Crippen LogP contribution in [-0.4, -0.2) is 40.2 Å². The highest BCUT2D eigenvalue weighted by molar-refractivity contribution is 5.95. The summed E-state index contributed by atoms with van der Waals surface area (Å²) in [6.07, 6.45) is 7.00. The average Bonchev–Trinajstić information content (AvgIpc) is 3.40. The van der Waals surface area contributed by atoms with E-state index >= 15 is 0 Å². The molecule has 1 N–H and O–H groups in total. The number of hydrogen-bond acceptors (Lipinski definition) is 4. The number of hydrogen-bond donors (Lipinski definition) is 1. The van der Waals surface area contributed by atoms with E-state index in [1.807, 2.05) is 54.9 Å². The molecule has 6 heteroatoms. The van der Waals surface area contributed by atoms with Crippen LogP contribution < -0.4 is 5.32 Å². The first-order chi connectivity index (χ1) is 14.1. The fourth-order valence-electron chi connectivity index (χ4n) is 4.08. The number of aryl methyl sites for hydroxylation is 1. The number of para-hydroxylation sites is 1. The number of carbonyl (C=O) groups is 1. The molecule has 29 heavy (non-hydrogen) atoms. The summed E-state index contributed by atoms with van der Waals surface area (Å²) in [5, 5.41) is 7.57. The highest BCUT2D eigenvalue weighted by Gasteiger charge is 2.25. The van der Waals surface area contributed by atoms with Crippen LogP contribution in [0.3, 0.4) is 0 Å². The standard InChI is InChI=1S/C23H28N4O2/c1-17-9-4-5-10-20(17)27-18(2)19(15-25-27)23(28)24-16-21(22-11-8-14-29-22)26-12-6-3-7-13-26/h4-5,8-11,14-15,21H,3,6-7,12-13,16H2,1-2H3,(H,24,28). The maximum Gasteiger partial charge on any atom is 0.254 e. The van der Waals surface area contributed by atoms with E-state index in [4.69, 9.17) is 4.42 Å². The predicted molar refractivity (Wildman–Crippen MR) is 112 cm³/mol. The molecule has 0 bridgehead atoms. The Bertz CT molecular complexity index is 955. The molecular formula is C23H28N4O2. The Hall–Kier alpha value is -2.86. The van der Waals surface area contributed by atoms with Crippen molar-refractivity contribution in [2.24, 2.45) is 0 Å². The van der Waals surface area contributed by atoms with E-state index in [9.17, 15) is 4.79 Å². The van der Waals surface area contributed by atoms with Crippen LogP contribution >= 0.6 is 0 Å². The summed E-state index contributed by atoms with van der Waals surface area (Å²) in [6, 6.07) is 12.0. The molecule has 1 fully saturated rings. The van der Waals surface area contributed by atoms with E-state index in [1.165, 1.54) is 19.3 Å². The fraction of sp³-hybridized carbons (Fsp3) is 0.391. The van der Waals surface area contributed by atoms with Crippen molar-refractivity contribution in [3.63, 3.8) is 0 Å². The van der Waals surface area contributed by atoms with E-state index in [0.717, 1.165) is 35.8 Å². The van der Waals surface area contributed by atoms with Crippen LogP contribution in [0.25, 0.3) is 5.69 Å². The number of carbonyl (C=O) groups excluding carboxylic acids is 1. The van der Waals surface area contributed by atoms with E-state index in [1.54, 1.807) is 12.5 Å². The molecule has 1 aliphatic rings. The summed E-state index contributed by atoms with van der Waals surface area (Å²) in [7, 11) is 0. The number of piperidine rings is 1. The number of benzene rings is 1. The van der Waals surface area contributed by atoms with Crippen molar-refractivity contribution in [3.05, 3.63) is 71.4 Å². The maximum atomic E-state index is 12.9. The van der Waals surface area contributed by atoms with Crippen molar-refractivity contribution < 1.29 is 9.21 Å². The molecule has 1 saturated heterocycles. The number of amides is 1. The average molecular weight is 393 g/mol. The van der Waals surface area contributed by atoms with E-state index in [0.29, 0.717) is 12.1 Å². The van der Waals surface area contributed by atoms with Crippen molar-refractivity contribution in [3.8, 4) is 5.69 Å². The molecule has 0 radical (unpaired) electrons.